The summed E-state index contributed by atoms with van der Waals surface area (Å²) in [6, 6.07) is 0. The summed E-state index contributed by atoms with van der Waals surface area (Å²) in [6.07, 6.45) is 5.43. The summed E-state index contributed by atoms with van der Waals surface area (Å²) in [7, 11) is 0. The number of carbonyl (C=O) groups is 3. The second kappa shape index (κ2) is 7.45. The van der Waals surface area contributed by atoms with E-state index in [1.165, 1.54) is 6.92 Å². The van der Waals surface area contributed by atoms with Crippen LogP contribution in [0.3, 0.4) is 0 Å². The molecule has 2 N–H and O–H groups in total. The van der Waals surface area contributed by atoms with Crippen LogP contribution >= 0.6 is 0 Å². The van der Waals surface area contributed by atoms with Gasteiger partial charge in [-0.05, 0) is 30.6 Å². The smallest absolute Gasteiger partial charge is 0.410 e. The van der Waals surface area contributed by atoms with Gasteiger partial charge in [-0.1, -0.05) is 26.0 Å². The van der Waals surface area contributed by atoms with Crippen LogP contribution in [-0.4, -0.2) is 36.0 Å². The van der Waals surface area contributed by atoms with E-state index >= 15 is 0 Å². The van der Waals surface area contributed by atoms with Gasteiger partial charge in [0.2, 0.25) is 6.29 Å². The minimum Gasteiger partial charge on any atom is -0.481 e. The number of carboxylic acids is 1. The number of allylic oxidation sites excluding steroid dienone is 2. The monoisotopic (exact) mass is 353 g/mol. The first-order valence-electron chi connectivity index (χ1n) is 8.79. The van der Waals surface area contributed by atoms with Gasteiger partial charge in [0, 0.05) is 25.3 Å². The van der Waals surface area contributed by atoms with Crippen molar-refractivity contribution in [2.24, 2.45) is 16.7 Å². The third-order valence-corrected chi connectivity index (χ3v) is 5.53. The highest BCUT2D eigenvalue weighted by molar-refractivity contribution is 5.71. The van der Waals surface area contributed by atoms with Gasteiger partial charge in [-0.25, -0.2) is 4.79 Å². The van der Waals surface area contributed by atoms with Gasteiger partial charge in [0.05, 0.1) is 6.42 Å². The average Bonchev–Trinajstić information content (AvgIpc) is 2.89. The van der Waals surface area contributed by atoms with Crippen LogP contribution in [0, 0.1) is 16.7 Å². The number of carboxylic acid groups (broad SMARTS) is 1. The molecule has 1 saturated carbocycles. The fourth-order valence-corrected chi connectivity index (χ4v) is 4.42. The Bertz CT molecular complexity index is 574. The van der Waals surface area contributed by atoms with E-state index in [1.807, 2.05) is 0 Å². The van der Waals surface area contributed by atoms with Crippen LogP contribution in [0.5, 0.6) is 0 Å². The van der Waals surface area contributed by atoms with E-state index in [4.69, 9.17) is 9.47 Å². The van der Waals surface area contributed by atoms with E-state index in [2.05, 4.69) is 24.4 Å². The number of esters is 1. The molecule has 140 valence electrons. The van der Waals surface area contributed by atoms with Gasteiger partial charge in [0.1, 0.15) is 0 Å². The molecule has 25 heavy (non-hydrogen) atoms. The molecule has 2 aliphatic carbocycles. The summed E-state index contributed by atoms with van der Waals surface area (Å²) in [5, 5.41) is 12.0. The zero-order valence-electron chi connectivity index (χ0n) is 15.0. The summed E-state index contributed by atoms with van der Waals surface area (Å²) in [5.41, 5.74) is -0.359. The Hall–Kier alpha value is -2.05. The Morgan fingerprint density at radius 3 is 2.64 bits per heavy atom. The van der Waals surface area contributed by atoms with Gasteiger partial charge in [0.15, 0.2) is 0 Å². The van der Waals surface area contributed by atoms with Gasteiger partial charge in [0.25, 0.3) is 0 Å². The SMILES string of the molecule is CCC(=O)O[C@H](C)OC(=O)NC[C@@]1(CC(=O)O)C[C@]2(CC)CC=C[C@H]21. The van der Waals surface area contributed by atoms with Crippen molar-refractivity contribution in [3.63, 3.8) is 0 Å². The maximum atomic E-state index is 11.9. The predicted molar refractivity (Wildman–Crippen MR) is 89.6 cm³/mol. The summed E-state index contributed by atoms with van der Waals surface area (Å²) in [5.74, 6) is -1.17. The number of amides is 1. The van der Waals surface area contributed by atoms with Gasteiger partial charge < -0.3 is 19.9 Å². The molecule has 1 fully saturated rings. The first kappa shape index (κ1) is 19.3. The standard InChI is InChI=1S/C18H27NO6/c1-4-15(22)24-12(3)25-16(23)19-11-18(9-14(20)21)10-17(5-2)8-6-7-13(17)18/h6-7,12-13H,4-5,8-11H2,1-3H3,(H,19,23)(H,20,21)/t12-,13+,17-,18+/m0/s1. The molecule has 0 aromatic rings. The number of hydrogen-bond donors (Lipinski definition) is 2. The highest BCUT2D eigenvalue weighted by atomic mass is 16.7. The van der Waals surface area contributed by atoms with Crippen molar-refractivity contribution in [1.82, 2.24) is 5.32 Å². The Labute approximate surface area is 147 Å². The van der Waals surface area contributed by atoms with Crippen molar-refractivity contribution < 1.29 is 29.0 Å². The van der Waals surface area contributed by atoms with Crippen LogP contribution in [0.1, 0.15) is 52.9 Å². The maximum Gasteiger partial charge on any atom is 0.410 e. The topological polar surface area (TPSA) is 102 Å². The lowest BCUT2D eigenvalue weighted by atomic mass is 9.44. The van der Waals surface area contributed by atoms with E-state index in [1.54, 1.807) is 6.92 Å². The first-order valence-corrected chi connectivity index (χ1v) is 8.79. The molecule has 0 saturated heterocycles. The minimum absolute atomic E-state index is 0.00438. The molecule has 7 heteroatoms. The van der Waals surface area contributed by atoms with E-state index < -0.39 is 29.7 Å². The number of ether oxygens (including phenoxy) is 2. The summed E-state index contributed by atoms with van der Waals surface area (Å²) >= 11 is 0. The van der Waals surface area contributed by atoms with Crippen LogP contribution in [0.2, 0.25) is 0 Å². The number of fused-ring (bicyclic) bond motifs is 1. The van der Waals surface area contributed by atoms with Crippen molar-refractivity contribution in [2.45, 2.75) is 59.2 Å². The molecule has 0 unspecified atom stereocenters. The van der Waals surface area contributed by atoms with Crippen LogP contribution in [0.15, 0.2) is 12.2 Å². The fourth-order valence-electron chi connectivity index (χ4n) is 4.42. The lowest BCUT2D eigenvalue weighted by molar-refractivity contribution is -0.165. The Morgan fingerprint density at radius 2 is 2.04 bits per heavy atom. The number of carbonyl (C=O) groups excluding carboxylic acids is 2. The van der Waals surface area contributed by atoms with Crippen LogP contribution < -0.4 is 5.32 Å². The molecule has 0 aliphatic heterocycles. The lowest BCUT2D eigenvalue weighted by Gasteiger charge is -2.60. The minimum atomic E-state index is -0.981. The third kappa shape index (κ3) is 3.96. The number of nitrogens with one attached hydrogen (secondary N) is 1. The predicted octanol–water partition coefficient (Wildman–Crippen LogP) is 2.85. The maximum absolute atomic E-state index is 11.9. The van der Waals surface area contributed by atoms with Crippen LogP contribution in [-0.2, 0) is 19.1 Å². The normalized spacial score (nSPS) is 30.8. The summed E-state index contributed by atoms with van der Waals surface area (Å²) in [6.45, 7) is 5.46. The Kier molecular flexibility index (Phi) is 5.75. The average molecular weight is 353 g/mol. The zero-order valence-corrected chi connectivity index (χ0v) is 15.0. The molecule has 0 aromatic heterocycles. The molecule has 0 heterocycles. The number of alkyl carbamates (subject to hydrolysis) is 1. The molecule has 0 aromatic carbocycles. The molecule has 1 amide bonds. The van der Waals surface area contributed by atoms with Gasteiger partial charge >= 0.3 is 18.0 Å². The molecule has 2 rings (SSSR count). The zero-order chi connectivity index (χ0) is 18.7. The molecule has 0 radical (unpaired) electrons. The quantitative estimate of drug-likeness (QED) is 0.395. The van der Waals surface area contributed by atoms with E-state index in [0.717, 1.165) is 19.3 Å². The molecule has 0 spiro atoms. The number of aliphatic carboxylic acids is 1. The van der Waals surface area contributed by atoms with Gasteiger partial charge in [-0.3, -0.25) is 9.59 Å². The fraction of sp³-hybridized carbons (Fsp3) is 0.722. The molecule has 0 bridgehead atoms. The second-order valence-electron chi connectivity index (χ2n) is 7.11. The number of rotatable bonds is 8. The molecule has 4 atom stereocenters. The van der Waals surface area contributed by atoms with Crippen LogP contribution in [0.4, 0.5) is 4.79 Å². The second-order valence-corrected chi connectivity index (χ2v) is 7.11. The molecule has 2 aliphatic rings. The Morgan fingerprint density at radius 1 is 1.32 bits per heavy atom. The van der Waals surface area contributed by atoms with Crippen molar-refractivity contribution in [3.8, 4) is 0 Å². The largest absolute Gasteiger partial charge is 0.481 e. The van der Waals surface area contributed by atoms with E-state index in [-0.39, 0.29) is 30.7 Å². The summed E-state index contributed by atoms with van der Waals surface area (Å²) in [4.78, 5) is 34.5. The van der Waals surface area contributed by atoms with Crippen molar-refractivity contribution in [3.05, 3.63) is 12.2 Å². The van der Waals surface area contributed by atoms with Crippen LogP contribution in [0.25, 0.3) is 0 Å². The Balaban J connectivity index is 1.93. The van der Waals surface area contributed by atoms with Crippen molar-refractivity contribution >= 4 is 18.0 Å². The summed E-state index contributed by atoms with van der Waals surface area (Å²) < 4.78 is 9.88. The highest BCUT2D eigenvalue weighted by Crippen LogP contribution is 2.67. The lowest BCUT2D eigenvalue weighted by Crippen LogP contribution is -2.59. The van der Waals surface area contributed by atoms with E-state index in [0.29, 0.717) is 0 Å². The van der Waals surface area contributed by atoms with Gasteiger partial charge in [-0.2, -0.15) is 0 Å². The molecular weight excluding hydrogens is 326 g/mol. The number of hydrogen-bond acceptors (Lipinski definition) is 5. The highest BCUT2D eigenvalue weighted by Gasteiger charge is 2.62. The molecule has 7 nitrogen and oxygen atoms in total. The van der Waals surface area contributed by atoms with Crippen molar-refractivity contribution in [2.75, 3.05) is 6.54 Å². The molecular formula is C18H27NO6. The van der Waals surface area contributed by atoms with E-state index in [9.17, 15) is 19.5 Å². The van der Waals surface area contributed by atoms with Crippen molar-refractivity contribution in [1.29, 1.82) is 0 Å². The first-order chi connectivity index (χ1) is 11.8. The van der Waals surface area contributed by atoms with Gasteiger partial charge in [-0.15, -0.1) is 0 Å². The third-order valence-electron chi connectivity index (χ3n) is 5.53.